The zero-order valence-electron chi connectivity index (χ0n) is 10.7. The van der Waals surface area contributed by atoms with E-state index in [1.165, 1.54) is 7.11 Å². The molecule has 18 heavy (non-hydrogen) atoms. The fourth-order valence-electron chi connectivity index (χ4n) is 1.50. The highest BCUT2D eigenvalue weighted by molar-refractivity contribution is 7.85. The third-order valence-electron chi connectivity index (χ3n) is 2.29. The lowest BCUT2D eigenvalue weighted by atomic mass is 10.1. The van der Waals surface area contributed by atoms with E-state index in [2.05, 4.69) is 0 Å². The summed E-state index contributed by atoms with van der Waals surface area (Å²) in [5, 5.41) is 0.387. The first-order valence-electron chi connectivity index (χ1n) is 5.65. The van der Waals surface area contributed by atoms with Crippen molar-refractivity contribution in [1.82, 2.24) is 0 Å². The van der Waals surface area contributed by atoms with E-state index >= 15 is 0 Å². The summed E-state index contributed by atoms with van der Waals surface area (Å²) in [7, 11) is 0.396. The number of Topliss-reactive ketones (excluding diaryl/α,β-unsaturated/α-hetero) is 1. The van der Waals surface area contributed by atoms with Crippen LogP contribution < -0.4 is 4.74 Å². The van der Waals surface area contributed by atoms with Crippen LogP contribution in [0.2, 0.25) is 5.02 Å². The van der Waals surface area contributed by atoms with Gasteiger partial charge < -0.3 is 4.74 Å². The van der Waals surface area contributed by atoms with Gasteiger partial charge in [-0.25, -0.2) is 0 Å². The molecule has 1 unspecified atom stereocenters. The van der Waals surface area contributed by atoms with Crippen molar-refractivity contribution in [2.75, 3.05) is 18.6 Å². The Morgan fingerprint density at radius 2 is 2.11 bits per heavy atom. The number of ether oxygens (including phenoxy) is 1. The molecule has 100 valence electrons. The highest BCUT2D eigenvalue weighted by Gasteiger charge is 2.13. The number of halogens is 1. The molecule has 1 aromatic rings. The second-order valence-corrected chi connectivity index (χ2v) is 6.33. The summed E-state index contributed by atoms with van der Waals surface area (Å²) in [4.78, 5) is 11.9. The Labute approximate surface area is 115 Å². The summed E-state index contributed by atoms with van der Waals surface area (Å²) in [6.07, 6.45) is 0. The lowest BCUT2D eigenvalue weighted by Crippen LogP contribution is -2.15. The van der Waals surface area contributed by atoms with Gasteiger partial charge >= 0.3 is 0 Å². The summed E-state index contributed by atoms with van der Waals surface area (Å²) in [5.74, 6) is 1.27. The van der Waals surface area contributed by atoms with Crippen molar-refractivity contribution in [1.29, 1.82) is 0 Å². The second kappa shape index (κ2) is 6.90. The van der Waals surface area contributed by atoms with Gasteiger partial charge in [0.25, 0.3) is 0 Å². The molecule has 0 bridgehead atoms. The maximum atomic E-state index is 11.9. The minimum atomic E-state index is -1.12. The van der Waals surface area contributed by atoms with Crippen LogP contribution in [0.3, 0.4) is 0 Å². The Hall–Kier alpha value is -0.870. The van der Waals surface area contributed by atoms with Crippen LogP contribution in [0.4, 0.5) is 0 Å². The average Bonchev–Trinajstić information content (AvgIpc) is 2.27. The lowest BCUT2D eigenvalue weighted by Gasteiger charge is -2.07. The lowest BCUT2D eigenvalue weighted by molar-refractivity contribution is 0.102. The van der Waals surface area contributed by atoms with Crippen molar-refractivity contribution in [3.63, 3.8) is 0 Å². The molecule has 0 spiro atoms. The number of ketones is 1. The average molecular weight is 289 g/mol. The topological polar surface area (TPSA) is 43.4 Å². The summed E-state index contributed by atoms with van der Waals surface area (Å²) in [6.45, 7) is 3.96. The van der Waals surface area contributed by atoms with Crippen LogP contribution in [0.5, 0.6) is 5.75 Å². The van der Waals surface area contributed by atoms with Crippen LogP contribution in [-0.2, 0) is 10.8 Å². The zero-order chi connectivity index (χ0) is 13.7. The smallest absolute Gasteiger partial charge is 0.175 e. The minimum absolute atomic E-state index is 0.0425. The Bertz CT molecular complexity index is 458. The fourth-order valence-corrected chi connectivity index (χ4v) is 3.08. The number of methoxy groups -OCH3 is 1. The van der Waals surface area contributed by atoms with Gasteiger partial charge in [0.1, 0.15) is 5.75 Å². The Morgan fingerprint density at radius 3 is 2.61 bits per heavy atom. The Morgan fingerprint density at radius 1 is 1.44 bits per heavy atom. The third kappa shape index (κ3) is 4.42. The molecular weight excluding hydrogens is 272 g/mol. The van der Waals surface area contributed by atoms with Gasteiger partial charge in [-0.15, -0.1) is 0 Å². The molecule has 5 heteroatoms. The molecule has 0 aromatic heterocycles. The predicted octanol–water partition coefficient (Wildman–Crippen LogP) is 2.94. The van der Waals surface area contributed by atoms with E-state index in [0.29, 0.717) is 28.0 Å². The largest absolute Gasteiger partial charge is 0.495 e. The Kier molecular flexibility index (Phi) is 5.82. The number of carbonyl (C=O) groups is 1. The van der Waals surface area contributed by atoms with E-state index in [4.69, 9.17) is 16.3 Å². The van der Waals surface area contributed by atoms with Crippen molar-refractivity contribution in [2.24, 2.45) is 5.92 Å². The standard InChI is InChI=1S/C13H17ClO3S/c1-9(2)7-18(16)8-12(15)10-4-5-13(17-3)11(14)6-10/h4-6,9H,7-8H2,1-3H3. The quantitative estimate of drug-likeness (QED) is 0.756. The molecule has 0 aliphatic rings. The number of benzene rings is 1. The molecule has 1 aromatic carbocycles. The normalized spacial score (nSPS) is 12.5. The van der Waals surface area contributed by atoms with Gasteiger partial charge in [-0.05, 0) is 24.1 Å². The number of carbonyl (C=O) groups excluding carboxylic acids is 1. The Balaban J connectivity index is 2.73. The molecule has 0 radical (unpaired) electrons. The van der Waals surface area contributed by atoms with Crippen LogP contribution in [0, 0.1) is 5.92 Å². The van der Waals surface area contributed by atoms with Gasteiger partial charge in [0.2, 0.25) is 0 Å². The van der Waals surface area contributed by atoms with Crippen LogP contribution in [0.25, 0.3) is 0 Å². The van der Waals surface area contributed by atoms with E-state index in [1.807, 2.05) is 13.8 Å². The summed E-state index contributed by atoms with van der Waals surface area (Å²) >= 11 is 5.94. The van der Waals surface area contributed by atoms with Crippen molar-refractivity contribution < 1.29 is 13.7 Å². The van der Waals surface area contributed by atoms with Crippen LogP contribution in [0.15, 0.2) is 18.2 Å². The summed E-state index contributed by atoms with van der Waals surface area (Å²) in [5.41, 5.74) is 0.470. The summed E-state index contributed by atoms with van der Waals surface area (Å²) < 4.78 is 16.7. The van der Waals surface area contributed by atoms with Gasteiger partial charge in [0.15, 0.2) is 5.78 Å². The maximum absolute atomic E-state index is 11.9. The molecule has 0 aliphatic carbocycles. The molecule has 0 saturated heterocycles. The van der Waals surface area contributed by atoms with E-state index in [1.54, 1.807) is 18.2 Å². The first-order chi connectivity index (χ1) is 8.43. The molecule has 0 amide bonds. The molecule has 0 N–H and O–H groups in total. The second-order valence-electron chi connectivity index (χ2n) is 4.42. The van der Waals surface area contributed by atoms with Crippen LogP contribution in [-0.4, -0.2) is 28.6 Å². The van der Waals surface area contributed by atoms with Gasteiger partial charge in [-0.3, -0.25) is 9.00 Å². The van der Waals surface area contributed by atoms with E-state index in [0.717, 1.165) is 0 Å². The van der Waals surface area contributed by atoms with Gasteiger partial charge in [-0.1, -0.05) is 25.4 Å². The highest BCUT2D eigenvalue weighted by atomic mass is 35.5. The number of hydrogen-bond donors (Lipinski definition) is 0. The maximum Gasteiger partial charge on any atom is 0.175 e. The highest BCUT2D eigenvalue weighted by Crippen LogP contribution is 2.25. The van der Waals surface area contributed by atoms with Crippen molar-refractivity contribution in [3.8, 4) is 5.75 Å². The molecule has 0 fully saturated rings. The number of hydrogen-bond acceptors (Lipinski definition) is 3. The molecule has 1 rings (SSSR count). The van der Waals surface area contributed by atoms with Gasteiger partial charge in [0.05, 0.1) is 17.9 Å². The van der Waals surface area contributed by atoms with Crippen molar-refractivity contribution >= 4 is 28.2 Å². The SMILES string of the molecule is COc1ccc(C(=O)CS(=O)CC(C)C)cc1Cl. The molecule has 0 saturated carbocycles. The van der Waals surface area contributed by atoms with Gasteiger partial charge in [0, 0.05) is 22.1 Å². The van der Waals surface area contributed by atoms with Crippen LogP contribution >= 0.6 is 11.6 Å². The van der Waals surface area contributed by atoms with E-state index < -0.39 is 10.8 Å². The zero-order valence-corrected chi connectivity index (χ0v) is 12.3. The molecule has 1 atom stereocenters. The first kappa shape index (κ1) is 15.2. The minimum Gasteiger partial charge on any atom is -0.495 e. The van der Waals surface area contributed by atoms with Gasteiger partial charge in [-0.2, -0.15) is 0 Å². The van der Waals surface area contributed by atoms with E-state index in [-0.39, 0.29) is 11.5 Å². The number of rotatable bonds is 6. The first-order valence-corrected chi connectivity index (χ1v) is 7.52. The monoisotopic (exact) mass is 288 g/mol. The fraction of sp³-hybridized carbons (Fsp3) is 0.462. The van der Waals surface area contributed by atoms with Crippen molar-refractivity contribution in [3.05, 3.63) is 28.8 Å². The third-order valence-corrected chi connectivity index (χ3v) is 4.20. The summed E-state index contributed by atoms with van der Waals surface area (Å²) in [6, 6.07) is 4.83. The molecule has 0 aliphatic heterocycles. The van der Waals surface area contributed by atoms with Crippen molar-refractivity contribution in [2.45, 2.75) is 13.8 Å². The molecular formula is C13H17ClO3S. The predicted molar refractivity (Wildman–Crippen MR) is 75.0 cm³/mol. The molecule has 3 nitrogen and oxygen atoms in total. The van der Waals surface area contributed by atoms with Crippen LogP contribution in [0.1, 0.15) is 24.2 Å². The van der Waals surface area contributed by atoms with E-state index in [9.17, 15) is 9.00 Å². The molecule has 0 heterocycles.